The van der Waals surface area contributed by atoms with Gasteiger partial charge >= 0.3 is 6.03 Å². The summed E-state index contributed by atoms with van der Waals surface area (Å²) in [5.41, 5.74) is 2.90. The largest absolute Gasteiger partial charge is 0.494 e. The van der Waals surface area contributed by atoms with Gasteiger partial charge in [-0.2, -0.15) is 4.98 Å². The third kappa shape index (κ3) is 4.04. The minimum Gasteiger partial charge on any atom is -0.494 e. The second kappa shape index (κ2) is 8.82. The van der Waals surface area contributed by atoms with E-state index in [2.05, 4.69) is 44.6 Å². The lowest BCUT2D eigenvalue weighted by molar-refractivity contribution is 0.241. The highest BCUT2D eigenvalue weighted by molar-refractivity contribution is 5.94. The number of rotatable bonds is 5. The van der Waals surface area contributed by atoms with Gasteiger partial charge in [0, 0.05) is 62.3 Å². The molecule has 0 atom stereocenters. The Balaban J connectivity index is 1.39. The fraction of sp³-hybridized carbons (Fsp3) is 0.522. The van der Waals surface area contributed by atoms with E-state index in [0.717, 1.165) is 74.6 Å². The summed E-state index contributed by atoms with van der Waals surface area (Å²) in [6.45, 7) is 4.56. The van der Waals surface area contributed by atoms with E-state index >= 15 is 0 Å². The monoisotopic (exact) mass is 437 g/mol. The molecule has 0 radical (unpaired) electrons. The predicted molar refractivity (Wildman–Crippen MR) is 125 cm³/mol. The minimum atomic E-state index is -0.0665. The van der Waals surface area contributed by atoms with Crippen molar-refractivity contribution in [2.75, 3.05) is 55.5 Å². The molecule has 2 N–H and O–H groups in total. The predicted octanol–water partition coefficient (Wildman–Crippen LogP) is 2.95. The molecule has 1 saturated carbocycles. The molecule has 170 valence electrons. The zero-order chi connectivity index (χ0) is 22.1. The van der Waals surface area contributed by atoms with E-state index in [1.165, 1.54) is 0 Å². The van der Waals surface area contributed by atoms with Gasteiger partial charge in [0.05, 0.1) is 12.8 Å². The fourth-order valence-corrected chi connectivity index (χ4v) is 4.81. The molecular weight excluding hydrogens is 406 g/mol. The van der Waals surface area contributed by atoms with E-state index in [1.807, 2.05) is 11.0 Å². The molecule has 32 heavy (non-hydrogen) atoms. The Morgan fingerprint density at radius 3 is 2.69 bits per heavy atom. The van der Waals surface area contributed by atoms with Crippen LogP contribution in [0, 0.1) is 0 Å². The maximum atomic E-state index is 12.6. The molecule has 1 aliphatic carbocycles. The molecule has 9 nitrogen and oxygen atoms in total. The van der Waals surface area contributed by atoms with Crippen LogP contribution in [0.4, 0.5) is 27.9 Å². The highest BCUT2D eigenvalue weighted by Crippen LogP contribution is 2.34. The summed E-state index contributed by atoms with van der Waals surface area (Å²) in [5.74, 6) is 1.92. The number of likely N-dealkylation sites (N-methyl/N-ethyl adjacent to an activating group) is 1. The van der Waals surface area contributed by atoms with Crippen molar-refractivity contribution in [2.24, 2.45) is 0 Å². The number of piperazine rings is 1. The summed E-state index contributed by atoms with van der Waals surface area (Å²) >= 11 is 0. The number of fused-ring (bicyclic) bond motifs is 1. The molecule has 2 fully saturated rings. The Morgan fingerprint density at radius 1 is 1.16 bits per heavy atom. The van der Waals surface area contributed by atoms with E-state index in [0.29, 0.717) is 18.3 Å². The highest BCUT2D eigenvalue weighted by atomic mass is 16.5. The summed E-state index contributed by atoms with van der Waals surface area (Å²) in [5, 5.41) is 6.26. The van der Waals surface area contributed by atoms with Crippen LogP contribution >= 0.6 is 0 Å². The number of anilines is 4. The van der Waals surface area contributed by atoms with Gasteiger partial charge in [0.25, 0.3) is 0 Å². The van der Waals surface area contributed by atoms with E-state index in [4.69, 9.17) is 9.72 Å². The van der Waals surface area contributed by atoms with Gasteiger partial charge in [0.2, 0.25) is 5.95 Å². The van der Waals surface area contributed by atoms with Crippen molar-refractivity contribution in [3.8, 4) is 5.75 Å². The Bertz CT molecular complexity index is 984. The number of nitrogens with one attached hydrogen (secondary N) is 2. The highest BCUT2D eigenvalue weighted by Gasteiger charge is 2.33. The first kappa shape index (κ1) is 20.8. The SMILES string of the molecule is COc1cc(N2CCN(C)CC2)ccc1Nc1ncc2c(n1)N(C1CCCC1)C(=O)NC2. The fourth-order valence-electron chi connectivity index (χ4n) is 4.81. The van der Waals surface area contributed by atoms with Crippen LogP contribution in [0.25, 0.3) is 0 Å². The number of benzene rings is 1. The maximum Gasteiger partial charge on any atom is 0.323 e. The Morgan fingerprint density at radius 2 is 1.94 bits per heavy atom. The van der Waals surface area contributed by atoms with Crippen molar-refractivity contribution >= 4 is 29.2 Å². The van der Waals surface area contributed by atoms with Crippen molar-refractivity contribution in [3.05, 3.63) is 30.0 Å². The number of carbonyl (C=O) groups excluding carboxylic acids is 1. The maximum absolute atomic E-state index is 12.6. The molecule has 1 aromatic heterocycles. The lowest BCUT2D eigenvalue weighted by Crippen LogP contribution is -2.49. The van der Waals surface area contributed by atoms with Crippen molar-refractivity contribution in [1.82, 2.24) is 20.2 Å². The molecule has 0 spiro atoms. The molecule has 0 bridgehead atoms. The first-order valence-corrected chi connectivity index (χ1v) is 11.4. The van der Waals surface area contributed by atoms with E-state index in [9.17, 15) is 4.79 Å². The standard InChI is InChI=1S/C23H31N7O2/c1-28-9-11-29(12-10-28)18-7-8-19(20(13-18)32-2)26-22-24-14-16-15-25-23(31)30(21(16)27-22)17-5-3-4-6-17/h7-8,13-14,17H,3-6,9-12,15H2,1-2H3,(H,25,31)(H,24,26,27). The van der Waals surface area contributed by atoms with E-state index < -0.39 is 0 Å². The van der Waals surface area contributed by atoms with Crippen LogP contribution in [0.3, 0.4) is 0 Å². The van der Waals surface area contributed by atoms with Crippen LogP contribution in [0.5, 0.6) is 5.75 Å². The number of urea groups is 1. The third-order valence-corrected chi connectivity index (χ3v) is 6.71. The Kier molecular flexibility index (Phi) is 5.73. The molecule has 0 unspecified atom stereocenters. The van der Waals surface area contributed by atoms with Crippen LogP contribution in [0.2, 0.25) is 0 Å². The van der Waals surface area contributed by atoms with Crippen LogP contribution in [0.1, 0.15) is 31.2 Å². The zero-order valence-electron chi connectivity index (χ0n) is 18.8. The quantitative estimate of drug-likeness (QED) is 0.744. The van der Waals surface area contributed by atoms with Crippen LogP contribution in [0.15, 0.2) is 24.4 Å². The smallest absolute Gasteiger partial charge is 0.323 e. The van der Waals surface area contributed by atoms with E-state index in [1.54, 1.807) is 13.3 Å². The first-order chi connectivity index (χ1) is 15.6. The number of hydrogen-bond acceptors (Lipinski definition) is 7. The molecular formula is C23H31N7O2. The van der Waals surface area contributed by atoms with Gasteiger partial charge in [0.15, 0.2) is 0 Å². The number of methoxy groups -OCH3 is 1. The molecule has 2 amide bonds. The lowest BCUT2D eigenvalue weighted by atomic mass is 10.1. The summed E-state index contributed by atoms with van der Waals surface area (Å²) in [6.07, 6.45) is 6.13. The number of ether oxygens (including phenoxy) is 1. The normalized spacial score (nSPS) is 19.6. The summed E-state index contributed by atoms with van der Waals surface area (Å²) in [4.78, 5) is 28.4. The van der Waals surface area contributed by atoms with Crippen LogP contribution in [-0.4, -0.2) is 67.3 Å². The molecule has 3 heterocycles. The van der Waals surface area contributed by atoms with Gasteiger partial charge in [-0.1, -0.05) is 12.8 Å². The third-order valence-electron chi connectivity index (χ3n) is 6.71. The van der Waals surface area contributed by atoms with E-state index in [-0.39, 0.29) is 12.1 Å². The molecule has 3 aliphatic rings. The van der Waals surface area contributed by atoms with Crippen molar-refractivity contribution in [2.45, 2.75) is 38.3 Å². The average molecular weight is 438 g/mol. The lowest BCUT2D eigenvalue weighted by Gasteiger charge is -2.34. The van der Waals surface area contributed by atoms with Crippen molar-refractivity contribution in [3.63, 3.8) is 0 Å². The average Bonchev–Trinajstić information content (AvgIpc) is 3.34. The summed E-state index contributed by atoms with van der Waals surface area (Å²) in [7, 11) is 3.83. The van der Waals surface area contributed by atoms with Gasteiger partial charge in [0.1, 0.15) is 11.6 Å². The second-order valence-corrected chi connectivity index (χ2v) is 8.81. The van der Waals surface area contributed by atoms with Crippen molar-refractivity contribution in [1.29, 1.82) is 0 Å². The summed E-state index contributed by atoms with van der Waals surface area (Å²) in [6, 6.07) is 6.31. The van der Waals surface area contributed by atoms with Crippen LogP contribution in [-0.2, 0) is 6.54 Å². The van der Waals surface area contributed by atoms with Crippen LogP contribution < -0.4 is 25.2 Å². The molecule has 2 aromatic rings. The number of aromatic nitrogens is 2. The molecule has 1 aromatic carbocycles. The molecule has 5 rings (SSSR count). The topological polar surface area (TPSA) is 85.9 Å². The number of hydrogen-bond donors (Lipinski definition) is 2. The van der Waals surface area contributed by atoms with Crippen molar-refractivity contribution < 1.29 is 9.53 Å². The minimum absolute atomic E-state index is 0.0665. The zero-order valence-corrected chi connectivity index (χ0v) is 18.8. The first-order valence-electron chi connectivity index (χ1n) is 11.4. The number of carbonyl (C=O) groups is 1. The molecule has 1 saturated heterocycles. The van der Waals surface area contributed by atoms with Gasteiger partial charge in [-0.05, 0) is 32.0 Å². The van der Waals surface area contributed by atoms with Gasteiger partial charge < -0.3 is 25.2 Å². The summed E-state index contributed by atoms with van der Waals surface area (Å²) < 4.78 is 5.67. The Hall–Kier alpha value is -3.07. The Labute approximate surface area is 188 Å². The van der Waals surface area contributed by atoms with Gasteiger partial charge in [-0.3, -0.25) is 4.90 Å². The number of nitrogens with zero attached hydrogens (tertiary/aromatic N) is 5. The second-order valence-electron chi connectivity index (χ2n) is 8.81. The van der Waals surface area contributed by atoms with Gasteiger partial charge in [-0.25, -0.2) is 9.78 Å². The number of amides is 2. The van der Waals surface area contributed by atoms with Gasteiger partial charge in [-0.15, -0.1) is 0 Å². The molecule has 2 aliphatic heterocycles. The molecule has 9 heteroatoms.